The van der Waals surface area contributed by atoms with Crippen molar-refractivity contribution in [2.24, 2.45) is 0 Å². The molecule has 18 heavy (non-hydrogen) atoms. The second-order valence-electron chi connectivity index (χ2n) is 3.92. The van der Waals surface area contributed by atoms with Gasteiger partial charge in [0.05, 0.1) is 6.61 Å². The molecule has 1 aromatic carbocycles. The zero-order chi connectivity index (χ0) is 13.1. The van der Waals surface area contributed by atoms with E-state index in [4.69, 9.17) is 4.74 Å². The molecule has 0 amide bonds. The van der Waals surface area contributed by atoms with Crippen LogP contribution in [0.2, 0.25) is 0 Å². The average Bonchev–Trinajstić information content (AvgIpc) is 2.39. The summed E-state index contributed by atoms with van der Waals surface area (Å²) in [5.74, 6) is -0.286. The van der Waals surface area contributed by atoms with Gasteiger partial charge in [-0.3, -0.25) is 0 Å². The number of benzene rings is 1. The van der Waals surface area contributed by atoms with Crippen LogP contribution >= 0.6 is 0 Å². The zero-order valence-electron chi connectivity index (χ0n) is 10.8. The molecule has 0 bridgehead atoms. The SMILES string of the molecule is CCOC(=O)/C=C/C=C/CCCc1ccccc1. The van der Waals surface area contributed by atoms with Crippen molar-refractivity contribution in [3.05, 3.63) is 60.2 Å². The summed E-state index contributed by atoms with van der Waals surface area (Å²) in [6.45, 7) is 2.22. The van der Waals surface area contributed by atoms with Crippen LogP contribution in [0.1, 0.15) is 25.3 Å². The lowest BCUT2D eigenvalue weighted by Gasteiger charge is -1.97. The van der Waals surface area contributed by atoms with Crippen LogP contribution in [-0.2, 0) is 16.0 Å². The van der Waals surface area contributed by atoms with Gasteiger partial charge in [-0.15, -0.1) is 0 Å². The van der Waals surface area contributed by atoms with Gasteiger partial charge in [-0.2, -0.15) is 0 Å². The van der Waals surface area contributed by atoms with E-state index in [9.17, 15) is 4.79 Å². The number of unbranched alkanes of at least 4 members (excludes halogenated alkanes) is 1. The molecule has 0 aliphatic heterocycles. The van der Waals surface area contributed by atoms with Crippen LogP contribution < -0.4 is 0 Å². The number of esters is 1. The van der Waals surface area contributed by atoms with Crippen molar-refractivity contribution in [2.75, 3.05) is 6.61 Å². The first-order chi connectivity index (χ1) is 8.83. The van der Waals surface area contributed by atoms with Gasteiger partial charge in [0.25, 0.3) is 0 Å². The lowest BCUT2D eigenvalue weighted by Crippen LogP contribution is -1.98. The second-order valence-corrected chi connectivity index (χ2v) is 3.92. The van der Waals surface area contributed by atoms with Gasteiger partial charge < -0.3 is 4.74 Å². The Morgan fingerprint density at radius 2 is 2.00 bits per heavy atom. The second kappa shape index (κ2) is 9.23. The van der Waals surface area contributed by atoms with Gasteiger partial charge >= 0.3 is 5.97 Å². The first kappa shape index (κ1) is 14.2. The summed E-state index contributed by atoms with van der Waals surface area (Å²) >= 11 is 0. The van der Waals surface area contributed by atoms with Crippen LogP contribution in [0.15, 0.2) is 54.6 Å². The summed E-state index contributed by atoms with van der Waals surface area (Å²) in [6.07, 6.45) is 10.3. The third-order valence-electron chi connectivity index (χ3n) is 2.45. The van der Waals surface area contributed by atoms with Crippen LogP contribution in [0.4, 0.5) is 0 Å². The van der Waals surface area contributed by atoms with Crippen molar-refractivity contribution in [1.29, 1.82) is 0 Å². The molecule has 2 heteroatoms. The minimum atomic E-state index is -0.286. The van der Waals surface area contributed by atoms with Gasteiger partial charge in [0.1, 0.15) is 0 Å². The van der Waals surface area contributed by atoms with E-state index in [-0.39, 0.29) is 5.97 Å². The Morgan fingerprint density at radius 1 is 1.22 bits per heavy atom. The summed E-state index contributed by atoms with van der Waals surface area (Å²) in [7, 11) is 0. The molecule has 2 nitrogen and oxygen atoms in total. The van der Waals surface area contributed by atoms with E-state index < -0.39 is 0 Å². The minimum absolute atomic E-state index is 0.286. The van der Waals surface area contributed by atoms with E-state index in [0.717, 1.165) is 19.3 Å². The highest BCUT2D eigenvalue weighted by molar-refractivity contribution is 5.82. The van der Waals surface area contributed by atoms with Crippen molar-refractivity contribution in [3.8, 4) is 0 Å². The molecule has 0 aliphatic carbocycles. The van der Waals surface area contributed by atoms with E-state index in [1.807, 2.05) is 12.1 Å². The molecule has 0 N–H and O–H groups in total. The average molecular weight is 244 g/mol. The first-order valence-corrected chi connectivity index (χ1v) is 6.37. The monoisotopic (exact) mass is 244 g/mol. The third kappa shape index (κ3) is 6.69. The standard InChI is InChI=1S/C16H20O2/c1-2-18-16(17)14-10-5-3-4-7-11-15-12-8-6-9-13-15/h3,5-6,8-10,12-14H,2,4,7,11H2,1H3/b5-3+,14-10+. The van der Waals surface area contributed by atoms with Crippen LogP contribution in [0.25, 0.3) is 0 Å². The molecule has 0 atom stereocenters. The molecule has 0 aromatic heterocycles. The third-order valence-corrected chi connectivity index (χ3v) is 2.45. The van der Waals surface area contributed by atoms with Gasteiger partial charge in [0, 0.05) is 6.08 Å². The van der Waals surface area contributed by atoms with Crippen molar-refractivity contribution in [2.45, 2.75) is 26.2 Å². The first-order valence-electron chi connectivity index (χ1n) is 6.37. The zero-order valence-corrected chi connectivity index (χ0v) is 10.8. The van der Waals surface area contributed by atoms with E-state index in [2.05, 4.69) is 30.3 Å². The van der Waals surface area contributed by atoms with E-state index >= 15 is 0 Å². The Hall–Kier alpha value is -1.83. The maximum atomic E-state index is 11.0. The van der Waals surface area contributed by atoms with E-state index in [0.29, 0.717) is 6.61 Å². The van der Waals surface area contributed by atoms with Crippen molar-refractivity contribution in [1.82, 2.24) is 0 Å². The van der Waals surface area contributed by atoms with Crippen LogP contribution in [0.3, 0.4) is 0 Å². The molecule has 1 rings (SSSR count). The fourth-order valence-corrected chi connectivity index (χ4v) is 1.57. The maximum Gasteiger partial charge on any atom is 0.330 e. The predicted molar refractivity (Wildman–Crippen MR) is 74.3 cm³/mol. The molecule has 0 saturated carbocycles. The lowest BCUT2D eigenvalue weighted by atomic mass is 10.1. The highest BCUT2D eigenvalue weighted by Gasteiger charge is 1.91. The van der Waals surface area contributed by atoms with Crippen molar-refractivity contribution < 1.29 is 9.53 Å². The lowest BCUT2D eigenvalue weighted by molar-refractivity contribution is -0.137. The number of hydrogen-bond donors (Lipinski definition) is 0. The molecule has 0 aliphatic rings. The number of hydrogen-bond acceptors (Lipinski definition) is 2. The molecular weight excluding hydrogens is 224 g/mol. The smallest absolute Gasteiger partial charge is 0.330 e. The highest BCUT2D eigenvalue weighted by Crippen LogP contribution is 2.04. The Morgan fingerprint density at radius 3 is 2.72 bits per heavy atom. The largest absolute Gasteiger partial charge is 0.463 e. The summed E-state index contributed by atoms with van der Waals surface area (Å²) in [5, 5.41) is 0. The number of rotatable bonds is 7. The molecule has 0 fully saturated rings. The number of ether oxygens (including phenoxy) is 1. The number of aryl methyl sites for hydroxylation is 1. The Bertz CT molecular complexity index is 391. The molecule has 0 unspecified atom stereocenters. The fraction of sp³-hybridized carbons (Fsp3) is 0.312. The quantitative estimate of drug-likeness (QED) is 0.316. The van der Waals surface area contributed by atoms with Crippen LogP contribution in [0, 0.1) is 0 Å². The molecule has 0 radical (unpaired) electrons. The van der Waals surface area contributed by atoms with Gasteiger partial charge in [-0.1, -0.05) is 48.6 Å². The van der Waals surface area contributed by atoms with Crippen molar-refractivity contribution in [3.63, 3.8) is 0 Å². The van der Waals surface area contributed by atoms with Gasteiger partial charge in [-0.05, 0) is 31.7 Å². The maximum absolute atomic E-state index is 11.0. The Labute approximate surface area is 109 Å². The molecular formula is C16H20O2. The predicted octanol–water partition coefficient (Wildman–Crippen LogP) is 3.68. The summed E-state index contributed by atoms with van der Waals surface area (Å²) in [5.41, 5.74) is 1.37. The molecule has 0 heterocycles. The van der Waals surface area contributed by atoms with E-state index in [1.165, 1.54) is 11.6 Å². The normalized spacial score (nSPS) is 11.2. The molecule has 96 valence electrons. The van der Waals surface area contributed by atoms with Crippen LogP contribution in [-0.4, -0.2) is 12.6 Å². The Kier molecular flexibility index (Phi) is 7.29. The summed E-state index contributed by atoms with van der Waals surface area (Å²) in [6, 6.07) is 10.4. The number of allylic oxidation sites excluding steroid dienone is 3. The van der Waals surface area contributed by atoms with Gasteiger partial charge in [-0.25, -0.2) is 4.79 Å². The fourth-order valence-electron chi connectivity index (χ4n) is 1.57. The van der Waals surface area contributed by atoms with Crippen molar-refractivity contribution >= 4 is 5.97 Å². The Balaban J connectivity index is 2.12. The summed E-state index contributed by atoms with van der Waals surface area (Å²) in [4.78, 5) is 11.0. The van der Waals surface area contributed by atoms with Gasteiger partial charge in [0.2, 0.25) is 0 Å². The molecule has 1 aromatic rings. The minimum Gasteiger partial charge on any atom is -0.463 e. The summed E-state index contributed by atoms with van der Waals surface area (Å²) < 4.78 is 4.77. The molecule has 0 saturated heterocycles. The molecule has 0 spiro atoms. The van der Waals surface area contributed by atoms with Crippen LogP contribution in [0.5, 0.6) is 0 Å². The number of carbonyl (C=O) groups is 1. The number of carbonyl (C=O) groups excluding carboxylic acids is 1. The highest BCUT2D eigenvalue weighted by atomic mass is 16.5. The topological polar surface area (TPSA) is 26.3 Å². The van der Waals surface area contributed by atoms with E-state index in [1.54, 1.807) is 13.0 Å². The van der Waals surface area contributed by atoms with Gasteiger partial charge in [0.15, 0.2) is 0 Å².